The third-order valence-corrected chi connectivity index (χ3v) is 4.95. The Bertz CT molecular complexity index is 794. The van der Waals surface area contributed by atoms with Crippen molar-refractivity contribution in [1.82, 2.24) is 5.32 Å². The minimum Gasteiger partial charge on any atom is -0.506 e. The zero-order chi connectivity index (χ0) is 18.2. The van der Waals surface area contributed by atoms with Gasteiger partial charge in [-0.1, -0.05) is 23.7 Å². The van der Waals surface area contributed by atoms with Crippen molar-refractivity contribution >= 4 is 35.0 Å². The molecule has 0 saturated carbocycles. The molecule has 132 valence electrons. The number of halogens is 1. The second kappa shape index (κ2) is 6.50. The summed E-state index contributed by atoms with van der Waals surface area (Å²) in [5.41, 5.74) is -0.656. The van der Waals surface area contributed by atoms with E-state index in [0.717, 1.165) is 0 Å². The van der Waals surface area contributed by atoms with Crippen molar-refractivity contribution < 1.29 is 29.3 Å². The minimum absolute atomic E-state index is 0.219. The summed E-state index contributed by atoms with van der Waals surface area (Å²) in [7, 11) is 0. The lowest BCUT2D eigenvalue weighted by atomic mass is 9.64. The Morgan fingerprint density at radius 2 is 1.96 bits per heavy atom. The van der Waals surface area contributed by atoms with Gasteiger partial charge < -0.3 is 20.3 Å². The predicted molar refractivity (Wildman–Crippen MR) is 88.4 cm³/mol. The fraction of sp³-hybridized carbons (Fsp3) is 0.353. The second-order valence-electron chi connectivity index (χ2n) is 5.99. The van der Waals surface area contributed by atoms with Crippen molar-refractivity contribution in [3.8, 4) is 0 Å². The molecule has 1 aliphatic carbocycles. The molecule has 8 heteroatoms. The van der Waals surface area contributed by atoms with E-state index in [0.29, 0.717) is 31.6 Å². The number of hydrogen-bond acceptors (Lipinski definition) is 5. The second-order valence-corrected chi connectivity index (χ2v) is 6.39. The molecule has 1 aromatic carbocycles. The van der Waals surface area contributed by atoms with Crippen LogP contribution in [0.2, 0.25) is 5.02 Å². The largest absolute Gasteiger partial charge is 0.506 e. The maximum atomic E-state index is 13.1. The number of aliphatic carboxylic acids is 1. The van der Waals surface area contributed by atoms with Crippen molar-refractivity contribution in [2.24, 2.45) is 0 Å². The highest BCUT2D eigenvalue weighted by atomic mass is 35.5. The first kappa shape index (κ1) is 17.4. The summed E-state index contributed by atoms with van der Waals surface area (Å²) in [5, 5.41) is 21.6. The molecular weight excluding hydrogens is 350 g/mol. The van der Waals surface area contributed by atoms with E-state index in [2.05, 4.69) is 5.32 Å². The number of aliphatic hydroxyl groups excluding tert-OH is 1. The average molecular weight is 366 g/mol. The molecule has 1 fully saturated rings. The molecule has 1 spiro atoms. The predicted octanol–water partition coefficient (Wildman–Crippen LogP) is 1.44. The Balaban J connectivity index is 2.16. The monoisotopic (exact) mass is 365 g/mol. The van der Waals surface area contributed by atoms with E-state index in [1.807, 2.05) is 0 Å². The van der Waals surface area contributed by atoms with Crippen molar-refractivity contribution in [2.45, 2.75) is 18.3 Å². The van der Waals surface area contributed by atoms with Gasteiger partial charge in [0.1, 0.15) is 17.9 Å². The van der Waals surface area contributed by atoms with Gasteiger partial charge >= 0.3 is 5.97 Å². The summed E-state index contributed by atoms with van der Waals surface area (Å²) < 4.78 is 5.35. The number of carboxylic acids is 1. The van der Waals surface area contributed by atoms with E-state index in [1.54, 1.807) is 18.2 Å². The Kier molecular flexibility index (Phi) is 4.53. The molecule has 0 unspecified atom stereocenters. The van der Waals surface area contributed by atoms with Crippen molar-refractivity contribution in [1.29, 1.82) is 0 Å². The van der Waals surface area contributed by atoms with Crippen LogP contribution in [-0.4, -0.2) is 47.6 Å². The van der Waals surface area contributed by atoms with E-state index in [1.165, 1.54) is 0 Å². The molecular formula is C17H16ClNO6. The molecule has 1 aliphatic heterocycles. The number of carbonyl (C=O) groups is 3. The maximum Gasteiger partial charge on any atom is 0.322 e. The van der Waals surface area contributed by atoms with Crippen LogP contribution < -0.4 is 5.32 Å². The lowest BCUT2D eigenvalue weighted by Crippen LogP contribution is -2.48. The van der Waals surface area contributed by atoms with Gasteiger partial charge in [-0.05, 0) is 24.5 Å². The number of aliphatic hydroxyl groups is 1. The van der Waals surface area contributed by atoms with Gasteiger partial charge in [-0.2, -0.15) is 0 Å². The van der Waals surface area contributed by atoms with E-state index in [4.69, 9.17) is 21.4 Å². The molecule has 0 bridgehead atoms. The minimum atomic E-state index is -1.25. The number of rotatable bonds is 3. The van der Waals surface area contributed by atoms with E-state index in [-0.39, 0.29) is 10.6 Å². The van der Waals surface area contributed by atoms with Crippen LogP contribution in [0.4, 0.5) is 0 Å². The summed E-state index contributed by atoms with van der Waals surface area (Å²) in [5.74, 6) is -3.24. The smallest absolute Gasteiger partial charge is 0.322 e. The summed E-state index contributed by atoms with van der Waals surface area (Å²) in [6.07, 6.45) is 0.699. The molecule has 3 N–H and O–H groups in total. The number of nitrogens with one attached hydrogen (secondary N) is 1. The molecule has 0 aromatic heterocycles. The molecule has 1 amide bonds. The van der Waals surface area contributed by atoms with Crippen molar-refractivity contribution in [2.75, 3.05) is 19.8 Å². The van der Waals surface area contributed by atoms with Gasteiger partial charge in [0.15, 0.2) is 5.78 Å². The van der Waals surface area contributed by atoms with E-state index in [9.17, 15) is 19.5 Å². The van der Waals surface area contributed by atoms with Crippen LogP contribution in [0.3, 0.4) is 0 Å². The SMILES string of the molecule is O=C(O)CNC(=O)C1=C(O)c2c(Cl)cccc2C2(CCOCC2)C1=O. The maximum absolute atomic E-state index is 13.1. The van der Waals surface area contributed by atoms with E-state index < -0.39 is 41.0 Å². The number of Topliss-reactive ketones (excluding diaryl/α,β-unsaturated/α-hetero) is 1. The van der Waals surface area contributed by atoms with Crippen LogP contribution in [0.1, 0.15) is 24.0 Å². The Morgan fingerprint density at radius 3 is 2.60 bits per heavy atom. The summed E-state index contributed by atoms with van der Waals surface area (Å²) >= 11 is 6.22. The van der Waals surface area contributed by atoms with Crippen LogP contribution in [0.25, 0.3) is 5.76 Å². The molecule has 1 aromatic rings. The lowest BCUT2D eigenvalue weighted by molar-refractivity contribution is -0.138. The number of carboxylic acid groups (broad SMARTS) is 1. The van der Waals surface area contributed by atoms with Gasteiger partial charge in [0, 0.05) is 18.8 Å². The molecule has 7 nitrogen and oxygen atoms in total. The Hall–Kier alpha value is -2.38. The van der Waals surface area contributed by atoms with Crippen LogP contribution in [-0.2, 0) is 24.5 Å². The number of benzene rings is 1. The Labute approximate surface area is 148 Å². The number of ketones is 1. The fourth-order valence-electron chi connectivity index (χ4n) is 3.43. The number of hydrogen-bond donors (Lipinski definition) is 3. The van der Waals surface area contributed by atoms with Gasteiger partial charge in [-0.3, -0.25) is 14.4 Å². The first-order valence-corrected chi connectivity index (χ1v) is 8.11. The lowest BCUT2D eigenvalue weighted by Gasteiger charge is -2.40. The van der Waals surface area contributed by atoms with E-state index >= 15 is 0 Å². The zero-order valence-electron chi connectivity index (χ0n) is 13.2. The third-order valence-electron chi connectivity index (χ3n) is 4.64. The standard InChI is InChI=1S/C17H16ClNO6/c18-10-3-1-2-9-12(10)14(22)13(16(24)19-8-11(20)21)15(23)17(9)4-6-25-7-5-17/h1-3,22H,4-8H2,(H,19,24)(H,20,21). The third kappa shape index (κ3) is 2.79. The van der Waals surface area contributed by atoms with Crippen LogP contribution >= 0.6 is 11.6 Å². The summed E-state index contributed by atoms with van der Waals surface area (Å²) in [6.45, 7) is 0.0132. The zero-order valence-corrected chi connectivity index (χ0v) is 13.9. The number of carbonyl (C=O) groups excluding carboxylic acids is 2. The summed E-state index contributed by atoms with van der Waals surface area (Å²) in [4.78, 5) is 36.2. The van der Waals surface area contributed by atoms with Gasteiger partial charge in [0.2, 0.25) is 0 Å². The first-order valence-electron chi connectivity index (χ1n) is 7.73. The van der Waals surface area contributed by atoms with Crippen molar-refractivity contribution in [3.05, 3.63) is 39.9 Å². The van der Waals surface area contributed by atoms with Gasteiger partial charge in [-0.15, -0.1) is 0 Å². The quantitative estimate of drug-likeness (QED) is 0.698. The van der Waals surface area contributed by atoms with Gasteiger partial charge in [0.25, 0.3) is 5.91 Å². The van der Waals surface area contributed by atoms with Crippen LogP contribution in [0.15, 0.2) is 23.8 Å². The average Bonchev–Trinajstić information content (AvgIpc) is 2.59. The topological polar surface area (TPSA) is 113 Å². The van der Waals surface area contributed by atoms with Gasteiger partial charge in [0.05, 0.1) is 10.4 Å². The molecule has 0 atom stereocenters. The summed E-state index contributed by atoms with van der Waals surface area (Å²) in [6, 6.07) is 4.97. The number of fused-ring (bicyclic) bond motifs is 2. The molecule has 1 heterocycles. The fourth-order valence-corrected chi connectivity index (χ4v) is 3.69. The number of amides is 1. The highest BCUT2D eigenvalue weighted by molar-refractivity contribution is 6.35. The highest BCUT2D eigenvalue weighted by Gasteiger charge is 2.50. The molecule has 1 saturated heterocycles. The van der Waals surface area contributed by atoms with Crippen molar-refractivity contribution in [3.63, 3.8) is 0 Å². The Morgan fingerprint density at radius 1 is 1.28 bits per heavy atom. The highest BCUT2D eigenvalue weighted by Crippen LogP contribution is 2.47. The molecule has 25 heavy (non-hydrogen) atoms. The molecule has 2 aliphatic rings. The molecule has 0 radical (unpaired) electrons. The first-order chi connectivity index (χ1) is 11.9. The van der Waals surface area contributed by atoms with Gasteiger partial charge in [-0.25, -0.2) is 0 Å². The normalized spacial score (nSPS) is 18.8. The number of ether oxygens (including phenoxy) is 1. The van der Waals surface area contributed by atoms with Crippen LogP contribution in [0.5, 0.6) is 0 Å². The van der Waals surface area contributed by atoms with Crippen LogP contribution in [0, 0.1) is 0 Å². The molecule has 3 rings (SSSR count).